The second-order valence-electron chi connectivity index (χ2n) is 2.36. The molecule has 1 aromatic heterocycles. The molecule has 1 rings (SSSR count). The topological polar surface area (TPSA) is 55.1 Å². The maximum atomic E-state index is 12.0. The van der Waals surface area contributed by atoms with Crippen LogP contribution >= 0.6 is 0 Å². The van der Waals surface area contributed by atoms with Gasteiger partial charge in [0.2, 0.25) is 5.82 Å². The summed E-state index contributed by atoms with van der Waals surface area (Å²) in [6, 6.07) is 0. The number of rotatable bonds is 1. The van der Waals surface area contributed by atoms with E-state index in [0.29, 0.717) is 6.20 Å². The molecule has 0 bridgehead atoms. The van der Waals surface area contributed by atoms with Gasteiger partial charge in [0.25, 0.3) is 0 Å². The Labute approximate surface area is 70.6 Å². The van der Waals surface area contributed by atoms with E-state index in [9.17, 15) is 18.0 Å². The van der Waals surface area contributed by atoms with Crippen LogP contribution in [-0.4, -0.2) is 20.6 Å². The first kappa shape index (κ1) is 9.56. The van der Waals surface area contributed by atoms with Gasteiger partial charge in [0, 0.05) is 13.2 Å². The predicted octanol–water partition coefficient (Wildman–Crippen LogP) is 1.14. The predicted molar refractivity (Wildman–Crippen MR) is 35.2 cm³/mol. The Morgan fingerprint density at radius 1 is 1.62 bits per heavy atom. The number of nitrogens with zero attached hydrogens (tertiary/aromatic N) is 2. The van der Waals surface area contributed by atoms with Gasteiger partial charge in [0.05, 0.1) is 0 Å². The van der Waals surface area contributed by atoms with E-state index in [1.807, 2.05) is 0 Å². The van der Waals surface area contributed by atoms with Gasteiger partial charge in [-0.1, -0.05) is 0 Å². The molecule has 0 spiro atoms. The van der Waals surface area contributed by atoms with Crippen LogP contribution in [0.3, 0.4) is 0 Å². The van der Waals surface area contributed by atoms with Gasteiger partial charge in [-0.05, 0) is 0 Å². The molecule has 4 nitrogen and oxygen atoms in total. The van der Waals surface area contributed by atoms with Crippen molar-refractivity contribution in [2.75, 3.05) is 0 Å². The number of carbonyl (C=O) groups is 1. The van der Waals surface area contributed by atoms with Crippen molar-refractivity contribution in [1.29, 1.82) is 0 Å². The molecule has 0 saturated carbocycles. The summed E-state index contributed by atoms with van der Waals surface area (Å²) in [5.74, 6) is -2.12. The van der Waals surface area contributed by atoms with E-state index in [-0.39, 0.29) is 0 Å². The fourth-order valence-corrected chi connectivity index (χ4v) is 0.802. The van der Waals surface area contributed by atoms with Gasteiger partial charge in [-0.15, -0.1) is 0 Å². The van der Waals surface area contributed by atoms with E-state index >= 15 is 0 Å². The smallest absolute Gasteiger partial charge is 0.434 e. The molecule has 0 fully saturated rings. The molecule has 0 aliphatic rings. The number of aryl methyl sites for hydroxylation is 1. The number of carboxylic acid groups (broad SMARTS) is 1. The average Bonchev–Trinajstić information content (AvgIpc) is 2.29. The fraction of sp³-hybridized carbons (Fsp3) is 0.333. The van der Waals surface area contributed by atoms with Crippen molar-refractivity contribution in [1.82, 2.24) is 9.55 Å². The molecule has 72 valence electrons. The van der Waals surface area contributed by atoms with E-state index in [1.54, 1.807) is 0 Å². The second kappa shape index (κ2) is 2.75. The normalized spacial score (nSPS) is 11.7. The number of imidazole rings is 1. The Bertz CT molecular complexity index is 342. The second-order valence-corrected chi connectivity index (χ2v) is 2.36. The van der Waals surface area contributed by atoms with Crippen molar-refractivity contribution in [2.45, 2.75) is 6.18 Å². The average molecular weight is 194 g/mol. The minimum Gasteiger partial charge on any atom is -0.475 e. The van der Waals surface area contributed by atoms with E-state index < -0.39 is 23.7 Å². The van der Waals surface area contributed by atoms with Crippen LogP contribution in [0.5, 0.6) is 0 Å². The third-order valence-corrected chi connectivity index (χ3v) is 1.36. The van der Waals surface area contributed by atoms with E-state index in [0.717, 1.165) is 4.57 Å². The van der Waals surface area contributed by atoms with Crippen molar-refractivity contribution in [3.8, 4) is 0 Å². The molecule has 0 radical (unpaired) electrons. The molecule has 0 unspecified atom stereocenters. The van der Waals surface area contributed by atoms with Crippen LogP contribution in [-0.2, 0) is 13.2 Å². The third kappa shape index (κ3) is 1.79. The fourth-order valence-electron chi connectivity index (χ4n) is 0.802. The molecule has 1 aromatic rings. The number of aromatic carboxylic acids is 1. The summed E-state index contributed by atoms with van der Waals surface area (Å²) >= 11 is 0. The van der Waals surface area contributed by atoms with Crippen molar-refractivity contribution < 1.29 is 23.1 Å². The zero-order valence-corrected chi connectivity index (χ0v) is 6.46. The van der Waals surface area contributed by atoms with Crippen molar-refractivity contribution in [3.05, 3.63) is 17.7 Å². The summed E-state index contributed by atoms with van der Waals surface area (Å²) in [6.45, 7) is 0. The number of hydrogen-bond acceptors (Lipinski definition) is 2. The lowest BCUT2D eigenvalue weighted by Gasteiger charge is -1.98. The molecule has 7 heteroatoms. The van der Waals surface area contributed by atoms with Crippen molar-refractivity contribution >= 4 is 5.97 Å². The Balaban J connectivity index is 3.17. The van der Waals surface area contributed by atoms with Crippen LogP contribution in [0.1, 0.15) is 16.3 Å². The Hall–Kier alpha value is -1.53. The minimum absolute atomic E-state index is 0.628. The maximum absolute atomic E-state index is 12.0. The van der Waals surface area contributed by atoms with Gasteiger partial charge in [-0.25, -0.2) is 9.78 Å². The van der Waals surface area contributed by atoms with Crippen LogP contribution in [0.2, 0.25) is 0 Å². The highest BCUT2D eigenvalue weighted by molar-refractivity contribution is 5.83. The first-order valence-electron chi connectivity index (χ1n) is 3.16. The van der Waals surface area contributed by atoms with Crippen molar-refractivity contribution in [3.63, 3.8) is 0 Å². The molecule has 13 heavy (non-hydrogen) atoms. The molecule has 0 amide bonds. The highest BCUT2D eigenvalue weighted by Crippen LogP contribution is 2.27. The quantitative estimate of drug-likeness (QED) is 0.729. The zero-order valence-electron chi connectivity index (χ0n) is 6.46. The van der Waals surface area contributed by atoms with Crippen molar-refractivity contribution in [2.24, 2.45) is 7.05 Å². The highest BCUT2D eigenvalue weighted by Gasteiger charge is 2.35. The highest BCUT2D eigenvalue weighted by atomic mass is 19.4. The number of halogens is 3. The summed E-state index contributed by atoms with van der Waals surface area (Å²) < 4.78 is 36.7. The Morgan fingerprint density at radius 3 is 2.38 bits per heavy atom. The number of aromatic nitrogens is 2. The Morgan fingerprint density at radius 2 is 2.15 bits per heavy atom. The first-order chi connectivity index (χ1) is 5.82. The molecule has 0 atom stereocenters. The van der Waals surface area contributed by atoms with Gasteiger partial charge in [-0.2, -0.15) is 13.2 Å². The first-order valence-corrected chi connectivity index (χ1v) is 3.16. The lowest BCUT2D eigenvalue weighted by atomic mass is 10.5. The Kier molecular flexibility index (Phi) is 2.02. The molecule has 0 aliphatic carbocycles. The third-order valence-electron chi connectivity index (χ3n) is 1.36. The summed E-state index contributed by atoms with van der Waals surface area (Å²) in [6.07, 6.45) is -3.98. The maximum Gasteiger partial charge on any atom is 0.434 e. The zero-order chi connectivity index (χ0) is 10.2. The summed E-state index contributed by atoms with van der Waals surface area (Å²) in [5.41, 5.74) is -1.20. The van der Waals surface area contributed by atoms with E-state index in [2.05, 4.69) is 4.98 Å². The van der Waals surface area contributed by atoms with Gasteiger partial charge in [0.1, 0.15) is 0 Å². The van der Waals surface area contributed by atoms with E-state index in [1.165, 1.54) is 7.05 Å². The monoisotopic (exact) mass is 194 g/mol. The van der Waals surface area contributed by atoms with E-state index in [4.69, 9.17) is 5.11 Å². The number of hydrogen-bond donors (Lipinski definition) is 1. The van der Waals surface area contributed by atoms with Crippen LogP contribution in [0.15, 0.2) is 6.20 Å². The molecule has 1 N–H and O–H groups in total. The van der Waals surface area contributed by atoms with Crippen LogP contribution in [0.25, 0.3) is 0 Å². The minimum atomic E-state index is -4.61. The number of carboxylic acids is 1. The molecule has 0 aromatic carbocycles. The standard InChI is InChI=1S/C6H5F3N2O2/c1-11-2-3(6(7,8)9)10-4(11)5(12)13/h2H,1H3,(H,12,13). The molecular weight excluding hydrogens is 189 g/mol. The summed E-state index contributed by atoms with van der Waals surface area (Å²) in [4.78, 5) is 13.2. The lowest BCUT2D eigenvalue weighted by molar-refractivity contribution is -0.141. The van der Waals surface area contributed by atoms with Crippen LogP contribution in [0, 0.1) is 0 Å². The van der Waals surface area contributed by atoms with Gasteiger partial charge in [0.15, 0.2) is 5.69 Å². The molecule has 0 saturated heterocycles. The number of alkyl halides is 3. The SMILES string of the molecule is Cn1cc(C(F)(F)F)nc1C(=O)O. The molecular formula is C6H5F3N2O2. The largest absolute Gasteiger partial charge is 0.475 e. The van der Waals surface area contributed by atoms with Gasteiger partial charge >= 0.3 is 12.1 Å². The summed E-state index contributed by atoms with van der Waals surface area (Å²) in [7, 11) is 1.19. The van der Waals surface area contributed by atoms with Gasteiger partial charge in [-0.3, -0.25) is 0 Å². The molecule has 0 aliphatic heterocycles. The van der Waals surface area contributed by atoms with Crippen LogP contribution in [0.4, 0.5) is 13.2 Å². The lowest BCUT2D eigenvalue weighted by Crippen LogP contribution is -2.07. The molecule has 1 heterocycles. The summed E-state index contributed by atoms with van der Waals surface area (Å²) in [5, 5.41) is 8.39. The van der Waals surface area contributed by atoms with Gasteiger partial charge < -0.3 is 9.67 Å². The van der Waals surface area contributed by atoms with Crippen LogP contribution < -0.4 is 0 Å².